The van der Waals surface area contributed by atoms with E-state index in [0.717, 1.165) is 24.5 Å². The molecule has 1 fully saturated rings. The summed E-state index contributed by atoms with van der Waals surface area (Å²) in [5.74, 6) is 2.34. The van der Waals surface area contributed by atoms with Crippen LogP contribution in [0.15, 0.2) is 30.3 Å². The van der Waals surface area contributed by atoms with Crippen molar-refractivity contribution in [3.05, 3.63) is 35.9 Å². The third kappa shape index (κ3) is 5.35. The maximum Gasteiger partial charge on any atom is 0.222 e. The fourth-order valence-corrected chi connectivity index (χ4v) is 3.28. The molecule has 0 aromatic heterocycles. The molecule has 1 aromatic rings. The van der Waals surface area contributed by atoms with E-state index in [4.69, 9.17) is 0 Å². The van der Waals surface area contributed by atoms with E-state index in [-0.39, 0.29) is 24.4 Å². The lowest BCUT2D eigenvalue weighted by Crippen LogP contribution is -2.41. The lowest BCUT2D eigenvalue weighted by molar-refractivity contribution is -0.122. The van der Waals surface area contributed by atoms with Crippen molar-refractivity contribution in [2.75, 3.05) is 18.1 Å². The molecule has 1 aliphatic rings. The van der Waals surface area contributed by atoms with Crippen LogP contribution in [0.25, 0.3) is 0 Å². The van der Waals surface area contributed by atoms with Crippen molar-refractivity contribution in [1.29, 1.82) is 0 Å². The van der Waals surface area contributed by atoms with Crippen LogP contribution < -0.4 is 10.6 Å². The first kappa shape index (κ1) is 17.3. The molecule has 5 heteroatoms. The number of thioether (sulfide) groups is 1. The van der Waals surface area contributed by atoms with Gasteiger partial charge in [0, 0.05) is 30.5 Å². The molecule has 0 radical (unpaired) electrons. The topological polar surface area (TPSA) is 41.1 Å². The van der Waals surface area contributed by atoms with Crippen molar-refractivity contribution < 1.29 is 4.79 Å². The molecule has 2 N–H and O–H groups in total. The van der Waals surface area contributed by atoms with Gasteiger partial charge in [0.05, 0.1) is 6.04 Å². The Bertz CT molecular complexity index is 396. The van der Waals surface area contributed by atoms with Gasteiger partial charge in [0.2, 0.25) is 5.91 Å². The Hall–Kier alpha value is -0.710. The molecule has 2 unspecified atom stereocenters. The number of benzene rings is 1. The van der Waals surface area contributed by atoms with Gasteiger partial charge in [0.15, 0.2) is 0 Å². The fourth-order valence-electron chi connectivity index (χ4n) is 2.33. The van der Waals surface area contributed by atoms with Gasteiger partial charge < -0.3 is 10.6 Å². The summed E-state index contributed by atoms with van der Waals surface area (Å²) in [6, 6.07) is 10.6. The fraction of sp³-hybridized carbons (Fsp3) is 0.533. The van der Waals surface area contributed by atoms with Gasteiger partial charge >= 0.3 is 0 Å². The third-order valence-corrected chi connectivity index (χ3v) is 4.51. The molecule has 20 heavy (non-hydrogen) atoms. The van der Waals surface area contributed by atoms with E-state index < -0.39 is 0 Å². The molecule has 1 amide bonds. The van der Waals surface area contributed by atoms with E-state index in [0.29, 0.717) is 12.5 Å². The zero-order valence-corrected chi connectivity index (χ0v) is 13.4. The maximum atomic E-state index is 12.1. The van der Waals surface area contributed by atoms with E-state index >= 15 is 0 Å². The first-order chi connectivity index (χ1) is 9.29. The van der Waals surface area contributed by atoms with Crippen molar-refractivity contribution in [2.24, 2.45) is 0 Å². The van der Waals surface area contributed by atoms with Crippen molar-refractivity contribution in [3.63, 3.8) is 0 Å². The van der Waals surface area contributed by atoms with E-state index in [1.165, 1.54) is 5.56 Å². The second-order valence-corrected chi connectivity index (χ2v) is 6.02. The largest absolute Gasteiger partial charge is 0.349 e. The highest BCUT2D eigenvalue weighted by Crippen LogP contribution is 2.17. The van der Waals surface area contributed by atoms with Crippen LogP contribution >= 0.6 is 24.2 Å². The van der Waals surface area contributed by atoms with Gasteiger partial charge in [-0.25, -0.2) is 0 Å². The average molecular weight is 315 g/mol. The number of hydrogen-bond acceptors (Lipinski definition) is 3. The molecule has 1 saturated heterocycles. The van der Waals surface area contributed by atoms with Gasteiger partial charge in [-0.05, 0) is 12.0 Å². The van der Waals surface area contributed by atoms with E-state index in [1.54, 1.807) is 0 Å². The summed E-state index contributed by atoms with van der Waals surface area (Å²) in [6.07, 6.45) is 1.50. The predicted molar refractivity (Wildman–Crippen MR) is 88.6 cm³/mol. The maximum absolute atomic E-state index is 12.1. The highest BCUT2D eigenvalue weighted by atomic mass is 35.5. The number of halogens is 1. The minimum Gasteiger partial charge on any atom is -0.349 e. The molecule has 1 aliphatic heterocycles. The number of amides is 1. The van der Waals surface area contributed by atoms with E-state index in [1.807, 2.05) is 30.0 Å². The molecular weight excluding hydrogens is 292 g/mol. The molecule has 0 spiro atoms. The predicted octanol–water partition coefficient (Wildman–Crippen LogP) is 2.77. The smallest absolute Gasteiger partial charge is 0.222 e. The van der Waals surface area contributed by atoms with Crippen LogP contribution in [-0.2, 0) is 4.79 Å². The van der Waals surface area contributed by atoms with E-state index in [9.17, 15) is 4.79 Å². The summed E-state index contributed by atoms with van der Waals surface area (Å²) in [5, 5.41) is 6.54. The van der Waals surface area contributed by atoms with Gasteiger partial charge in [-0.15, -0.1) is 12.4 Å². The minimum absolute atomic E-state index is 0. The van der Waals surface area contributed by atoms with Gasteiger partial charge in [-0.1, -0.05) is 37.3 Å². The van der Waals surface area contributed by atoms with Crippen LogP contribution in [0.4, 0.5) is 0 Å². The molecular formula is C15H23ClN2OS. The standard InChI is InChI=1S/C15H22N2OS.ClH/c1-2-14(12-6-4-3-5-7-12)17-15(18)10-13-11-19-9-8-16-13;/h3-7,13-14,16H,2,8-11H2,1H3,(H,17,18);1H. The van der Waals surface area contributed by atoms with Crippen LogP contribution in [0.3, 0.4) is 0 Å². The summed E-state index contributed by atoms with van der Waals surface area (Å²) in [6.45, 7) is 3.12. The first-order valence-corrected chi connectivity index (χ1v) is 8.10. The Labute approximate surface area is 131 Å². The Morgan fingerprint density at radius 2 is 2.20 bits per heavy atom. The number of rotatable bonds is 5. The lowest BCUT2D eigenvalue weighted by atomic mass is 10.0. The molecule has 2 atom stereocenters. The second kappa shape index (κ2) is 9.27. The highest BCUT2D eigenvalue weighted by Gasteiger charge is 2.18. The molecule has 0 aliphatic carbocycles. The molecule has 0 saturated carbocycles. The summed E-state index contributed by atoms with van der Waals surface area (Å²) in [5.41, 5.74) is 1.18. The molecule has 2 rings (SSSR count). The van der Waals surface area contributed by atoms with Crippen molar-refractivity contribution in [1.82, 2.24) is 10.6 Å². The monoisotopic (exact) mass is 314 g/mol. The first-order valence-electron chi connectivity index (χ1n) is 6.95. The van der Waals surface area contributed by atoms with Gasteiger partial charge in [0.1, 0.15) is 0 Å². The number of carbonyl (C=O) groups is 1. The van der Waals surface area contributed by atoms with E-state index in [2.05, 4.69) is 29.7 Å². The summed E-state index contributed by atoms with van der Waals surface area (Å²) in [7, 11) is 0. The Morgan fingerprint density at radius 1 is 1.45 bits per heavy atom. The normalized spacial score (nSPS) is 19.8. The quantitative estimate of drug-likeness (QED) is 0.878. The minimum atomic E-state index is 0. The van der Waals surface area contributed by atoms with Crippen LogP contribution in [0, 0.1) is 0 Å². The number of carbonyl (C=O) groups excluding carboxylic acids is 1. The van der Waals surface area contributed by atoms with Crippen LogP contribution in [0.1, 0.15) is 31.4 Å². The van der Waals surface area contributed by atoms with Gasteiger partial charge in [-0.3, -0.25) is 4.79 Å². The summed E-state index contributed by atoms with van der Waals surface area (Å²) >= 11 is 1.92. The highest BCUT2D eigenvalue weighted by molar-refractivity contribution is 7.99. The molecule has 112 valence electrons. The SMILES string of the molecule is CCC(NC(=O)CC1CSCCN1)c1ccccc1.Cl. The Morgan fingerprint density at radius 3 is 2.80 bits per heavy atom. The zero-order valence-electron chi connectivity index (χ0n) is 11.8. The number of nitrogens with one attached hydrogen (secondary N) is 2. The van der Waals surface area contributed by atoms with Crippen LogP contribution in [-0.4, -0.2) is 30.0 Å². The molecule has 1 aromatic carbocycles. The second-order valence-electron chi connectivity index (χ2n) is 4.87. The lowest BCUT2D eigenvalue weighted by Gasteiger charge is -2.24. The van der Waals surface area contributed by atoms with Crippen LogP contribution in [0.5, 0.6) is 0 Å². The molecule has 0 bridgehead atoms. The summed E-state index contributed by atoms with van der Waals surface area (Å²) in [4.78, 5) is 12.1. The zero-order chi connectivity index (χ0) is 13.5. The molecule has 1 heterocycles. The number of hydrogen-bond donors (Lipinski definition) is 2. The van der Waals surface area contributed by atoms with Gasteiger partial charge in [-0.2, -0.15) is 11.8 Å². The average Bonchev–Trinajstić information content (AvgIpc) is 2.47. The van der Waals surface area contributed by atoms with Crippen LogP contribution in [0.2, 0.25) is 0 Å². The third-order valence-electron chi connectivity index (χ3n) is 3.38. The van der Waals surface area contributed by atoms with Crippen molar-refractivity contribution in [3.8, 4) is 0 Å². The molecule has 3 nitrogen and oxygen atoms in total. The van der Waals surface area contributed by atoms with Crippen molar-refractivity contribution in [2.45, 2.75) is 31.8 Å². The Balaban J connectivity index is 0.00000200. The summed E-state index contributed by atoms with van der Waals surface area (Å²) < 4.78 is 0. The Kier molecular flexibility index (Phi) is 8.04. The van der Waals surface area contributed by atoms with Crippen molar-refractivity contribution >= 4 is 30.1 Å². The van der Waals surface area contributed by atoms with Gasteiger partial charge in [0.25, 0.3) is 0 Å².